The molecule has 1 aliphatic rings. The van der Waals surface area contributed by atoms with Gasteiger partial charge in [-0.25, -0.2) is 0 Å². The minimum Gasteiger partial charge on any atom is -0.352 e. The van der Waals surface area contributed by atoms with Crippen LogP contribution in [0.1, 0.15) is 55.7 Å². The summed E-state index contributed by atoms with van der Waals surface area (Å²) < 4.78 is 0. The number of benzene rings is 2. The number of aryl methyl sites for hydroxylation is 1. The zero-order valence-corrected chi connectivity index (χ0v) is 19.7. The minimum absolute atomic E-state index is 0.0910. The Labute approximate surface area is 194 Å². The van der Waals surface area contributed by atoms with Gasteiger partial charge in [0.15, 0.2) is 0 Å². The van der Waals surface area contributed by atoms with Crippen LogP contribution in [0.2, 0.25) is 10.0 Å². The molecule has 0 heterocycles. The third kappa shape index (κ3) is 6.47. The Morgan fingerprint density at radius 3 is 2.45 bits per heavy atom. The van der Waals surface area contributed by atoms with Gasteiger partial charge in [0, 0.05) is 12.6 Å². The molecule has 0 saturated heterocycles. The van der Waals surface area contributed by atoms with Crippen LogP contribution in [-0.4, -0.2) is 28.8 Å². The fourth-order valence-corrected chi connectivity index (χ4v) is 4.38. The Balaban J connectivity index is 1.79. The van der Waals surface area contributed by atoms with Gasteiger partial charge in [0.05, 0.1) is 16.5 Å². The van der Waals surface area contributed by atoms with E-state index in [2.05, 4.69) is 5.32 Å². The summed E-state index contributed by atoms with van der Waals surface area (Å²) >= 11 is 12.2. The first kappa shape index (κ1) is 23.6. The van der Waals surface area contributed by atoms with Gasteiger partial charge >= 0.3 is 0 Å². The molecule has 2 aromatic carbocycles. The monoisotopic (exact) mass is 460 g/mol. The van der Waals surface area contributed by atoms with Crippen molar-refractivity contribution in [1.82, 2.24) is 10.2 Å². The summed E-state index contributed by atoms with van der Waals surface area (Å²) in [6.45, 7) is 4.08. The highest BCUT2D eigenvalue weighted by molar-refractivity contribution is 6.42. The van der Waals surface area contributed by atoms with Gasteiger partial charge in [0.1, 0.15) is 6.04 Å². The van der Waals surface area contributed by atoms with Gasteiger partial charge in [-0.2, -0.15) is 0 Å². The van der Waals surface area contributed by atoms with Gasteiger partial charge in [0.2, 0.25) is 11.8 Å². The molecule has 0 bridgehead atoms. The Morgan fingerprint density at radius 2 is 1.77 bits per heavy atom. The molecule has 6 heteroatoms. The summed E-state index contributed by atoms with van der Waals surface area (Å²) in [6, 6.07) is 12.8. The lowest BCUT2D eigenvalue weighted by Crippen LogP contribution is -2.50. The SMILES string of the molecule is Cc1ccccc1CC(=O)N(Cc1ccc(Cl)c(Cl)c1)C(C)C(=O)NC1CCCCC1. The summed E-state index contributed by atoms with van der Waals surface area (Å²) in [4.78, 5) is 28.0. The molecule has 1 N–H and O–H groups in total. The second-order valence-electron chi connectivity index (χ2n) is 8.39. The number of nitrogens with one attached hydrogen (secondary N) is 1. The lowest BCUT2D eigenvalue weighted by atomic mass is 9.95. The lowest BCUT2D eigenvalue weighted by Gasteiger charge is -2.31. The van der Waals surface area contributed by atoms with E-state index in [0.29, 0.717) is 16.6 Å². The summed E-state index contributed by atoms with van der Waals surface area (Å²) in [5, 5.41) is 4.05. The van der Waals surface area contributed by atoms with Crippen molar-refractivity contribution in [3.05, 3.63) is 69.2 Å². The van der Waals surface area contributed by atoms with E-state index in [4.69, 9.17) is 23.2 Å². The lowest BCUT2D eigenvalue weighted by molar-refractivity contribution is -0.140. The Hall–Kier alpha value is -2.04. The van der Waals surface area contributed by atoms with Crippen molar-refractivity contribution in [2.24, 2.45) is 0 Å². The standard InChI is InChI=1S/C25H30Cl2N2O2/c1-17-8-6-7-9-20(17)15-24(30)29(16-19-12-13-22(26)23(27)14-19)18(2)25(31)28-21-10-4-3-5-11-21/h6-9,12-14,18,21H,3-5,10-11,15-16H2,1-2H3,(H,28,31). The average molecular weight is 461 g/mol. The average Bonchev–Trinajstić information content (AvgIpc) is 2.76. The molecule has 4 nitrogen and oxygen atoms in total. The van der Waals surface area contributed by atoms with E-state index in [-0.39, 0.29) is 24.3 Å². The number of hydrogen-bond acceptors (Lipinski definition) is 2. The van der Waals surface area contributed by atoms with E-state index < -0.39 is 6.04 Å². The maximum Gasteiger partial charge on any atom is 0.242 e. The molecular weight excluding hydrogens is 431 g/mol. The van der Waals surface area contributed by atoms with Gasteiger partial charge in [-0.3, -0.25) is 9.59 Å². The summed E-state index contributed by atoms with van der Waals surface area (Å²) in [5.74, 6) is -0.197. The highest BCUT2D eigenvalue weighted by Crippen LogP contribution is 2.24. The molecule has 2 amide bonds. The minimum atomic E-state index is -0.590. The van der Waals surface area contributed by atoms with Crippen molar-refractivity contribution >= 4 is 35.0 Å². The molecule has 1 atom stereocenters. The molecule has 1 saturated carbocycles. The maximum atomic E-state index is 13.3. The van der Waals surface area contributed by atoms with Crippen LogP contribution in [0.3, 0.4) is 0 Å². The molecule has 31 heavy (non-hydrogen) atoms. The molecule has 166 valence electrons. The molecule has 0 radical (unpaired) electrons. The van der Waals surface area contributed by atoms with Crippen LogP contribution in [0.15, 0.2) is 42.5 Å². The fraction of sp³-hybridized carbons (Fsp3) is 0.440. The van der Waals surface area contributed by atoms with Gasteiger partial charge in [-0.1, -0.05) is 72.8 Å². The molecule has 1 aliphatic carbocycles. The second kappa shape index (κ2) is 11.0. The van der Waals surface area contributed by atoms with E-state index in [1.54, 1.807) is 24.0 Å². The van der Waals surface area contributed by atoms with Crippen molar-refractivity contribution in [2.75, 3.05) is 0 Å². The molecule has 0 aromatic heterocycles. The van der Waals surface area contributed by atoms with E-state index >= 15 is 0 Å². The van der Waals surface area contributed by atoms with Crippen LogP contribution in [0.5, 0.6) is 0 Å². The van der Waals surface area contributed by atoms with Crippen molar-refractivity contribution in [1.29, 1.82) is 0 Å². The number of carbonyl (C=O) groups is 2. The highest BCUT2D eigenvalue weighted by atomic mass is 35.5. The first-order valence-corrected chi connectivity index (χ1v) is 11.7. The zero-order valence-electron chi connectivity index (χ0n) is 18.2. The van der Waals surface area contributed by atoms with E-state index in [1.807, 2.05) is 37.3 Å². The van der Waals surface area contributed by atoms with Crippen LogP contribution in [0.4, 0.5) is 0 Å². The highest BCUT2D eigenvalue weighted by Gasteiger charge is 2.28. The predicted octanol–water partition coefficient (Wildman–Crippen LogP) is 5.71. The van der Waals surface area contributed by atoms with Crippen LogP contribution >= 0.6 is 23.2 Å². The van der Waals surface area contributed by atoms with Gasteiger partial charge < -0.3 is 10.2 Å². The largest absolute Gasteiger partial charge is 0.352 e. The van der Waals surface area contributed by atoms with Crippen molar-refractivity contribution < 1.29 is 9.59 Å². The van der Waals surface area contributed by atoms with Crippen LogP contribution in [0, 0.1) is 6.92 Å². The topological polar surface area (TPSA) is 49.4 Å². The van der Waals surface area contributed by atoms with Crippen LogP contribution in [0.25, 0.3) is 0 Å². The van der Waals surface area contributed by atoms with Gasteiger partial charge in [-0.05, 0) is 55.5 Å². The number of nitrogens with zero attached hydrogens (tertiary/aromatic N) is 1. The number of hydrogen-bond donors (Lipinski definition) is 1. The molecule has 1 fully saturated rings. The Morgan fingerprint density at radius 1 is 1.06 bits per heavy atom. The second-order valence-corrected chi connectivity index (χ2v) is 9.21. The molecule has 0 spiro atoms. The van der Waals surface area contributed by atoms with Crippen molar-refractivity contribution in [3.8, 4) is 0 Å². The summed E-state index contributed by atoms with van der Waals surface area (Å²) in [7, 11) is 0. The number of carbonyl (C=O) groups excluding carboxylic acids is 2. The first-order chi connectivity index (χ1) is 14.8. The molecule has 3 rings (SSSR count). The van der Waals surface area contributed by atoms with Crippen LogP contribution in [-0.2, 0) is 22.6 Å². The molecule has 1 unspecified atom stereocenters. The summed E-state index contributed by atoms with van der Waals surface area (Å²) in [5.41, 5.74) is 2.86. The smallest absolute Gasteiger partial charge is 0.242 e. The summed E-state index contributed by atoms with van der Waals surface area (Å²) in [6.07, 6.45) is 5.75. The van der Waals surface area contributed by atoms with E-state index in [9.17, 15) is 9.59 Å². The number of halogens is 2. The maximum absolute atomic E-state index is 13.3. The number of amides is 2. The van der Waals surface area contributed by atoms with Crippen molar-refractivity contribution in [3.63, 3.8) is 0 Å². The molecule has 0 aliphatic heterocycles. The zero-order chi connectivity index (χ0) is 22.4. The van der Waals surface area contributed by atoms with Gasteiger partial charge in [0.25, 0.3) is 0 Å². The van der Waals surface area contributed by atoms with E-state index in [0.717, 1.165) is 42.4 Å². The predicted molar refractivity (Wildman–Crippen MR) is 126 cm³/mol. The van der Waals surface area contributed by atoms with Crippen molar-refractivity contribution in [2.45, 2.75) is 71.0 Å². The Kier molecular flexibility index (Phi) is 8.39. The molecular formula is C25H30Cl2N2O2. The fourth-order valence-electron chi connectivity index (χ4n) is 4.06. The molecule has 2 aromatic rings. The number of rotatable bonds is 7. The van der Waals surface area contributed by atoms with Gasteiger partial charge in [-0.15, -0.1) is 0 Å². The first-order valence-electron chi connectivity index (χ1n) is 10.9. The normalized spacial score (nSPS) is 15.4. The third-order valence-corrected chi connectivity index (χ3v) is 6.80. The third-order valence-electron chi connectivity index (χ3n) is 6.06. The van der Waals surface area contributed by atoms with Crippen LogP contribution < -0.4 is 5.32 Å². The Bertz CT molecular complexity index is 925. The van der Waals surface area contributed by atoms with E-state index in [1.165, 1.54) is 6.42 Å². The quantitative estimate of drug-likeness (QED) is 0.574.